The van der Waals surface area contributed by atoms with E-state index in [1.807, 2.05) is 0 Å². The van der Waals surface area contributed by atoms with Gasteiger partial charge in [-0.1, -0.05) is 18.5 Å². The van der Waals surface area contributed by atoms with E-state index in [2.05, 4.69) is 15.6 Å². The lowest BCUT2D eigenvalue weighted by Gasteiger charge is -2.24. The fraction of sp³-hybridized carbons (Fsp3) is 0.500. The normalized spacial score (nSPS) is 13.9. The van der Waals surface area contributed by atoms with Gasteiger partial charge in [-0.25, -0.2) is 9.78 Å². The van der Waals surface area contributed by atoms with Crippen LogP contribution in [0.5, 0.6) is 0 Å². The van der Waals surface area contributed by atoms with Gasteiger partial charge in [0.15, 0.2) is 0 Å². The van der Waals surface area contributed by atoms with Crippen molar-refractivity contribution in [2.45, 2.75) is 38.4 Å². The monoisotopic (exact) mass is 367 g/mol. The van der Waals surface area contributed by atoms with Crippen molar-refractivity contribution in [2.75, 3.05) is 11.9 Å². The van der Waals surface area contributed by atoms with E-state index in [0.29, 0.717) is 6.20 Å². The first-order valence-electron chi connectivity index (χ1n) is 7.00. The van der Waals surface area contributed by atoms with Crippen LogP contribution in [-0.2, 0) is 15.8 Å². The Morgan fingerprint density at radius 2 is 2.00 bits per heavy atom. The number of carbonyl (C=O) groups is 2. The Balaban J connectivity index is 2.59. The minimum absolute atomic E-state index is 0.00829. The Morgan fingerprint density at radius 3 is 2.46 bits per heavy atom. The summed E-state index contributed by atoms with van der Waals surface area (Å²) in [5.41, 5.74) is -2.35. The van der Waals surface area contributed by atoms with E-state index in [1.165, 1.54) is 6.92 Å². The number of pyridine rings is 1. The average molecular weight is 368 g/mol. The van der Waals surface area contributed by atoms with Crippen molar-refractivity contribution in [3.05, 3.63) is 22.8 Å². The molecule has 0 spiro atoms. The molecular formula is C14H17ClF3N3O3. The summed E-state index contributed by atoms with van der Waals surface area (Å²) in [4.78, 5) is 26.4. The maximum Gasteiger partial charge on any atom is 0.417 e. The third kappa shape index (κ3) is 5.26. The summed E-state index contributed by atoms with van der Waals surface area (Å²) in [6.07, 6.45) is -3.81. The van der Waals surface area contributed by atoms with Crippen LogP contribution in [0.25, 0.3) is 0 Å². The Hall–Kier alpha value is -2.03. The smallest absolute Gasteiger partial charge is 0.417 e. The van der Waals surface area contributed by atoms with Crippen molar-refractivity contribution >= 4 is 29.3 Å². The predicted molar refractivity (Wildman–Crippen MR) is 81.8 cm³/mol. The zero-order valence-electron chi connectivity index (χ0n) is 13.0. The molecule has 24 heavy (non-hydrogen) atoms. The van der Waals surface area contributed by atoms with E-state index in [4.69, 9.17) is 16.7 Å². The number of nitrogens with one attached hydrogen (secondary N) is 2. The summed E-state index contributed by atoms with van der Waals surface area (Å²) in [6, 6.07) is 0.732. The number of hydrogen-bond donors (Lipinski definition) is 3. The van der Waals surface area contributed by atoms with Crippen LogP contribution in [0.4, 0.5) is 19.0 Å². The molecule has 1 aromatic rings. The number of amides is 1. The quantitative estimate of drug-likeness (QED) is 0.689. The van der Waals surface area contributed by atoms with Crippen LogP contribution >= 0.6 is 11.6 Å². The van der Waals surface area contributed by atoms with E-state index in [-0.39, 0.29) is 30.2 Å². The molecule has 0 aliphatic heterocycles. The van der Waals surface area contributed by atoms with E-state index in [1.54, 1.807) is 6.92 Å². The average Bonchev–Trinajstić information content (AvgIpc) is 2.47. The first kappa shape index (κ1) is 20.0. The summed E-state index contributed by atoms with van der Waals surface area (Å²) in [6.45, 7) is 3.04. The van der Waals surface area contributed by atoms with Gasteiger partial charge in [-0.2, -0.15) is 13.2 Å². The largest absolute Gasteiger partial charge is 0.480 e. The number of hydrogen-bond acceptors (Lipinski definition) is 4. The van der Waals surface area contributed by atoms with Gasteiger partial charge in [0, 0.05) is 19.2 Å². The fourth-order valence-corrected chi connectivity index (χ4v) is 1.91. The van der Waals surface area contributed by atoms with Gasteiger partial charge in [0.05, 0.1) is 10.6 Å². The number of nitrogens with zero attached hydrogens (tertiary/aromatic N) is 1. The second-order valence-corrected chi connectivity index (χ2v) is 5.68. The molecule has 1 heterocycles. The molecule has 0 radical (unpaired) electrons. The molecule has 0 aliphatic carbocycles. The summed E-state index contributed by atoms with van der Waals surface area (Å²) < 4.78 is 37.5. The molecule has 0 fully saturated rings. The van der Waals surface area contributed by atoms with Gasteiger partial charge in [0.25, 0.3) is 0 Å². The molecule has 0 aliphatic rings. The zero-order valence-corrected chi connectivity index (χ0v) is 13.8. The fourth-order valence-electron chi connectivity index (χ4n) is 1.68. The van der Waals surface area contributed by atoms with Crippen LogP contribution in [0.1, 0.15) is 32.3 Å². The zero-order chi connectivity index (χ0) is 18.5. The number of anilines is 1. The third-order valence-corrected chi connectivity index (χ3v) is 3.70. The molecule has 0 bridgehead atoms. The number of carboxylic acid groups (broad SMARTS) is 1. The molecule has 0 saturated heterocycles. The molecule has 6 nitrogen and oxygen atoms in total. The van der Waals surface area contributed by atoms with Crippen molar-refractivity contribution in [1.29, 1.82) is 0 Å². The Bertz CT molecular complexity index is 625. The van der Waals surface area contributed by atoms with Crippen LogP contribution < -0.4 is 10.6 Å². The molecule has 1 amide bonds. The number of carbonyl (C=O) groups excluding carboxylic acids is 1. The van der Waals surface area contributed by atoms with Crippen molar-refractivity contribution < 1.29 is 27.9 Å². The third-order valence-electron chi connectivity index (χ3n) is 3.41. The lowest BCUT2D eigenvalue weighted by Crippen LogP contribution is -2.51. The topological polar surface area (TPSA) is 91.3 Å². The molecule has 0 saturated carbocycles. The number of aliphatic carboxylic acids is 1. The van der Waals surface area contributed by atoms with Crippen molar-refractivity contribution in [2.24, 2.45) is 0 Å². The standard InChI is InChI=1S/C14H17ClF3N3O3/c1-3-13(2,12(23)24)21-10(22)4-5-19-11-9(15)6-8(7-20-11)14(16,17)18/h6-7H,3-5H2,1-2H3,(H,19,20)(H,21,22)(H,23,24). The summed E-state index contributed by atoms with van der Waals surface area (Å²) in [5.74, 6) is -1.66. The summed E-state index contributed by atoms with van der Waals surface area (Å²) in [7, 11) is 0. The van der Waals surface area contributed by atoms with Gasteiger partial charge in [-0.05, 0) is 19.4 Å². The number of aromatic nitrogens is 1. The Labute approximate surface area is 141 Å². The highest BCUT2D eigenvalue weighted by Gasteiger charge is 2.33. The minimum Gasteiger partial charge on any atom is -0.480 e. The molecule has 1 aromatic heterocycles. The second kappa shape index (κ2) is 7.69. The minimum atomic E-state index is -4.55. The van der Waals surface area contributed by atoms with Gasteiger partial charge >= 0.3 is 12.1 Å². The van der Waals surface area contributed by atoms with E-state index in [9.17, 15) is 22.8 Å². The van der Waals surface area contributed by atoms with Crippen LogP contribution in [0.15, 0.2) is 12.3 Å². The lowest BCUT2D eigenvalue weighted by atomic mass is 9.99. The Morgan fingerprint density at radius 1 is 1.38 bits per heavy atom. The van der Waals surface area contributed by atoms with E-state index >= 15 is 0 Å². The Kier molecular flexibility index (Phi) is 6.42. The van der Waals surface area contributed by atoms with Gasteiger partial charge in [-0.3, -0.25) is 4.79 Å². The number of carboxylic acids is 1. The SMILES string of the molecule is CCC(C)(NC(=O)CCNc1ncc(C(F)(F)F)cc1Cl)C(=O)O. The number of rotatable bonds is 7. The highest BCUT2D eigenvalue weighted by Crippen LogP contribution is 2.32. The van der Waals surface area contributed by atoms with Crippen LogP contribution in [0.3, 0.4) is 0 Å². The summed E-state index contributed by atoms with van der Waals surface area (Å²) in [5, 5.41) is 13.9. The highest BCUT2D eigenvalue weighted by molar-refractivity contribution is 6.32. The first-order valence-corrected chi connectivity index (χ1v) is 7.38. The van der Waals surface area contributed by atoms with Crippen LogP contribution in [0.2, 0.25) is 5.02 Å². The van der Waals surface area contributed by atoms with E-state index < -0.39 is 29.2 Å². The molecule has 1 unspecified atom stereocenters. The maximum atomic E-state index is 12.5. The molecule has 3 N–H and O–H groups in total. The summed E-state index contributed by atoms with van der Waals surface area (Å²) >= 11 is 5.72. The second-order valence-electron chi connectivity index (χ2n) is 5.27. The first-order chi connectivity index (χ1) is 11.0. The molecular weight excluding hydrogens is 351 g/mol. The predicted octanol–water partition coefficient (Wildman–Crippen LogP) is 2.93. The molecule has 1 atom stereocenters. The highest BCUT2D eigenvalue weighted by atomic mass is 35.5. The molecule has 0 aromatic carbocycles. The number of alkyl halides is 3. The van der Waals surface area contributed by atoms with Crippen molar-refractivity contribution in [1.82, 2.24) is 10.3 Å². The van der Waals surface area contributed by atoms with Crippen LogP contribution in [0, 0.1) is 0 Å². The van der Waals surface area contributed by atoms with Gasteiger partial charge in [0.2, 0.25) is 5.91 Å². The van der Waals surface area contributed by atoms with Crippen molar-refractivity contribution in [3.63, 3.8) is 0 Å². The molecule has 1 rings (SSSR count). The van der Waals surface area contributed by atoms with Crippen LogP contribution in [-0.4, -0.2) is 34.1 Å². The molecule has 134 valence electrons. The van der Waals surface area contributed by atoms with Gasteiger partial charge in [-0.15, -0.1) is 0 Å². The lowest BCUT2D eigenvalue weighted by molar-refractivity contribution is -0.147. The van der Waals surface area contributed by atoms with Gasteiger partial charge in [0.1, 0.15) is 11.4 Å². The van der Waals surface area contributed by atoms with Crippen molar-refractivity contribution in [3.8, 4) is 0 Å². The number of halogens is 4. The molecule has 10 heteroatoms. The van der Waals surface area contributed by atoms with E-state index in [0.717, 1.165) is 6.07 Å². The van der Waals surface area contributed by atoms with Gasteiger partial charge < -0.3 is 15.7 Å². The maximum absolute atomic E-state index is 12.5.